The minimum Gasteiger partial charge on any atom is -0.465 e. The van der Waals surface area contributed by atoms with Gasteiger partial charge in [-0.25, -0.2) is 4.79 Å². The number of rotatable bonds is 1. The molecule has 0 radical (unpaired) electrons. The summed E-state index contributed by atoms with van der Waals surface area (Å²) in [6.07, 6.45) is 0. The predicted molar refractivity (Wildman–Crippen MR) is 69.0 cm³/mol. The quantitative estimate of drug-likeness (QED) is 0.699. The van der Waals surface area contributed by atoms with Gasteiger partial charge in [0.1, 0.15) is 0 Å². The van der Waals surface area contributed by atoms with E-state index in [1.165, 1.54) is 12.7 Å². The number of esters is 1. The van der Waals surface area contributed by atoms with Crippen molar-refractivity contribution in [1.82, 2.24) is 0 Å². The Labute approximate surface area is 102 Å². The second-order valence-corrected chi connectivity index (χ2v) is 3.51. The Kier molecular flexibility index (Phi) is 5.52. The molecule has 0 N–H and O–H groups in total. The molecule has 2 rings (SSSR count). The van der Waals surface area contributed by atoms with Crippen molar-refractivity contribution in [2.24, 2.45) is 0 Å². The molecule has 2 aromatic rings. The van der Waals surface area contributed by atoms with Crippen LogP contribution in [-0.2, 0) is 4.74 Å². The van der Waals surface area contributed by atoms with E-state index >= 15 is 0 Å². The first kappa shape index (κ1) is 13.0. The van der Waals surface area contributed by atoms with Crippen LogP contribution >= 0.6 is 0 Å². The summed E-state index contributed by atoms with van der Waals surface area (Å²) in [6.45, 7) is 2.08. The van der Waals surface area contributed by atoms with Crippen molar-refractivity contribution in [3.05, 3.63) is 71.8 Å². The van der Waals surface area contributed by atoms with Gasteiger partial charge < -0.3 is 4.74 Å². The Morgan fingerprint density at radius 1 is 0.882 bits per heavy atom. The molecule has 0 aromatic heterocycles. The minimum absolute atomic E-state index is 0.291. The van der Waals surface area contributed by atoms with Crippen molar-refractivity contribution >= 4 is 5.97 Å². The number of hydrogen-bond donors (Lipinski definition) is 0. The van der Waals surface area contributed by atoms with Crippen molar-refractivity contribution in [1.29, 1.82) is 0 Å². The summed E-state index contributed by atoms with van der Waals surface area (Å²) in [7, 11) is 1.37. The van der Waals surface area contributed by atoms with Gasteiger partial charge in [0.15, 0.2) is 0 Å². The number of hydrogen-bond acceptors (Lipinski definition) is 2. The summed E-state index contributed by atoms with van der Waals surface area (Å²) < 4.78 is 4.50. The zero-order valence-corrected chi connectivity index (χ0v) is 10.1. The first-order valence-electron chi connectivity index (χ1n) is 5.39. The lowest BCUT2D eigenvalue weighted by molar-refractivity contribution is 0.0601. The third-order valence-corrected chi connectivity index (χ3v) is 2.14. The number of aryl methyl sites for hydroxylation is 1. The summed E-state index contributed by atoms with van der Waals surface area (Å²) in [6, 6.07) is 19.1. The van der Waals surface area contributed by atoms with Crippen LogP contribution in [0.15, 0.2) is 60.7 Å². The lowest BCUT2D eigenvalue weighted by Gasteiger charge is -1.95. The Morgan fingerprint density at radius 2 is 1.35 bits per heavy atom. The van der Waals surface area contributed by atoms with E-state index in [1.807, 2.05) is 24.3 Å². The second-order valence-electron chi connectivity index (χ2n) is 3.51. The number of carbonyl (C=O) groups excluding carboxylic acids is 1. The molecule has 0 amide bonds. The average Bonchev–Trinajstić information content (AvgIpc) is 2.40. The first-order valence-corrected chi connectivity index (χ1v) is 5.39. The van der Waals surface area contributed by atoms with Gasteiger partial charge in [-0.1, -0.05) is 54.1 Å². The van der Waals surface area contributed by atoms with Gasteiger partial charge in [0.2, 0.25) is 0 Å². The third-order valence-electron chi connectivity index (χ3n) is 2.14. The van der Waals surface area contributed by atoms with Crippen molar-refractivity contribution in [2.75, 3.05) is 7.11 Å². The molecule has 0 heterocycles. The summed E-state index contributed by atoms with van der Waals surface area (Å²) in [5, 5.41) is 0. The predicted octanol–water partition coefficient (Wildman–Crippen LogP) is 3.47. The molecule has 2 heteroatoms. The first-order chi connectivity index (χ1) is 8.24. The van der Waals surface area contributed by atoms with E-state index in [0.29, 0.717) is 5.56 Å². The number of methoxy groups -OCH3 is 1. The molecular weight excluding hydrogens is 212 g/mol. The van der Waals surface area contributed by atoms with E-state index < -0.39 is 0 Å². The van der Waals surface area contributed by atoms with Crippen LogP contribution in [0.2, 0.25) is 0 Å². The standard InChI is InChI=1S/C8H8O2.C7H8/c1-10-8(9)7-5-3-2-4-6-7;1-7-5-3-2-4-6-7/h2-6H,1H3;2-6H,1H3. The maximum absolute atomic E-state index is 10.8. The minimum atomic E-state index is -0.291. The average molecular weight is 228 g/mol. The maximum atomic E-state index is 10.8. The van der Waals surface area contributed by atoms with Crippen LogP contribution in [0.3, 0.4) is 0 Å². The van der Waals surface area contributed by atoms with Crippen LogP contribution in [0.4, 0.5) is 0 Å². The van der Waals surface area contributed by atoms with Crippen molar-refractivity contribution < 1.29 is 9.53 Å². The SMILES string of the molecule is COC(=O)c1ccccc1.Cc1ccccc1. The van der Waals surface area contributed by atoms with Crippen molar-refractivity contribution in [2.45, 2.75) is 6.92 Å². The number of ether oxygens (including phenoxy) is 1. The fourth-order valence-corrected chi connectivity index (χ4v) is 1.23. The highest BCUT2D eigenvalue weighted by molar-refractivity contribution is 5.89. The van der Waals surface area contributed by atoms with E-state index in [0.717, 1.165) is 0 Å². The molecule has 17 heavy (non-hydrogen) atoms. The van der Waals surface area contributed by atoms with Gasteiger partial charge in [0.05, 0.1) is 12.7 Å². The van der Waals surface area contributed by atoms with Crippen LogP contribution in [0.25, 0.3) is 0 Å². The van der Waals surface area contributed by atoms with E-state index in [1.54, 1.807) is 24.3 Å². The van der Waals surface area contributed by atoms with Gasteiger partial charge in [-0.05, 0) is 19.1 Å². The van der Waals surface area contributed by atoms with Crippen LogP contribution in [0.1, 0.15) is 15.9 Å². The zero-order chi connectivity index (χ0) is 12.5. The van der Waals surface area contributed by atoms with Gasteiger partial charge in [-0.15, -0.1) is 0 Å². The monoisotopic (exact) mass is 228 g/mol. The van der Waals surface area contributed by atoms with Crippen LogP contribution in [0, 0.1) is 6.92 Å². The highest BCUT2D eigenvalue weighted by atomic mass is 16.5. The highest BCUT2D eigenvalue weighted by Crippen LogP contribution is 1.98. The Bertz CT molecular complexity index is 435. The van der Waals surface area contributed by atoms with Gasteiger partial charge in [0, 0.05) is 0 Å². The maximum Gasteiger partial charge on any atom is 0.337 e. The van der Waals surface area contributed by atoms with Gasteiger partial charge in [0.25, 0.3) is 0 Å². The van der Waals surface area contributed by atoms with Crippen LogP contribution < -0.4 is 0 Å². The van der Waals surface area contributed by atoms with Crippen LogP contribution in [0.5, 0.6) is 0 Å². The van der Waals surface area contributed by atoms with E-state index in [2.05, 4.69) is 23.8 Å². The largest absolute Gasteiger partial charge is 0.465 e. The number of benzene rings is 2. The lowest BCUT2D eigenvalue weighted by Crippen LogP contribution is -1.99. The van der Waals surface area contributed by atoms with Crippen LogP contribution in [-0.4, -0.2) is 13.1 Å². The molecule has 0 unspecified atom stereocenters. The molecule has 2 nitrogen and oxygen atoms in total. The molecule has 0 fully saturated rings. The van der Waals surface area contributed by atoms with Crippen molar-refractivity contribution in [3.8, 4) is 0 Å². The summed E-state index contributed by atoms with van der Waals surface area (Å²) in [4.78, 5) is 10.8. The zero-order valence-electron chi connectivity index (χ0n) is 10.1. The van der Waals surface area contributed by atoms with Crippen molar-refractivity contribution in [3.63, 3.8) is 0 Å². The second kappa shape index (κ2) is 7.23. The van der Waals surface area contributed by atoms with Gasteiger partial charge in [-0.2, -0.15) is 0 Å². The van der Waals surface area contributed by atoms with E-state index in [4.69, 9.17) is 0 Å². The summed E-state index contributed by atoms with van der Waals surface area (Å²) in [5.74, 6) is -0.291. The summed E-state index contributed by atoms with van der Waals surface area (Å²) >= 11 is 0. The fourth-order valence-electron chi connectivity index (χ4n) is 1.23. The smallest absolute Gasteiger partial charge is 0.337 e. The fraction of sp³-hybridized carbons (Fsp3) is 0.133. The van der Waals surface area contributed by atoms with E-state index in [-0.39, 0.29) is 5.97 Å². The Morgan fingerprint density at radius 3 is 1.71 bits per heavy atom. The lowest BCUT2D eigenvalue weighted by atomic mass is 10.2. The molecule has 0 atom stereocenters. The normalized spacial score (nSPS) is 8.82. The molecule has 0 saturated carbocycles. The van der Waals surface area contributed by atoms with Gasteiger partial charge in [-0.3, -0.25) is 0 Å². The molecule has 88 valence electrons. The molecule has 0 spiro atoms. The van der Waals surface area contributed by atoms with E-state index in [9.17, 15) is 4.79 Å². The van der Waals surface area contributed by atoms with Gasteiger partial charge >= 0.3 is 5.97 Å². The molecule has 0 bridgehead atoms. The topological polar surface area (TPSA) is 26.3 Å². The molecular formula is C15H16O2. The number of carbonyl (C=O) groups is 1. The summed E-state index contributed by atoms with van der Waals surface area (Å²) in [5.41, 5.74) is 1.91. The third kappa shape index (κ3) is 4.98. The molecule has 0 aliphatic rings. The molecule has 0 aliphatic heterocycles. The molecule has 0 saturated heterocycles. The molecule has 0 aliphatic carbocycles. The Hall–Kier alpha value is -2.09. The Balaban J connectivity index is 0.000000181. The highest BCUT2D eigenvalue weighted by Gasteiger charge is 2.00. The molecule has 2 aromatic carbocycles.